The van der Waals surface area contributed by atoms with Crippen LogP contribution in [0.4, 0.5) is 0 Å². The normalized spacial score (nSPS) is 16.8. The average Bonchev–Trinajstić information content (AvgIpc) is 3.35. The molecule has 0 aliphatic carbocycles. The Hall–Kier alpha value is -4.68. The van der Waals surface area contributed by atoms with Crippen molar-refractivity contribution in [2.75, 3.05) is 19.6 Å². The summed E-state index contributed by atoms with van der Waals surface area (Å²) in [6.07, 6.45) is 15.4. The zero-order valence-electron chi connectivity index (χ0n) is 40.2. The quantitative estimate of drug-likeness (QED) is 0.0428. The van der Waals surface area contributed by atoms with Crippen molar-refractivity contribution < 1.29 is 27.8 Å². The standard InChI is InChI=1S/C57H75N3O6S/c1-4-6-8-10-12-19-37-60(38-20-13-11-9-7-5-2)42-51-40-55(48-29-27-46(43-61)28-30-48)66-57(65-51)49-33-31-47(32-34-49)53-24-18-17-23-50(53)41-58-56(62)54(39-45-21-15-14-16-22-45)59-67(63,64)52-35-25-44(3)26-36-52/h14-18,21-36,51,54-55,57,59,61H,4-13,19-20,37-43H2,1-3H3,(H,58,62). The molecule has 1 saturated heterocycles. The maximum Gasteiger partial charge on any atom is 0.241 e. The van der Waals surface area contributed by atoms with Crippen LogP contribution in [-0.2, 0) is 43.9 Å². The number of rotatable bonds is 28. The molecule has 0 aromatic heterocycles. The number of aryl methyl sites for hydroxylation is 1. The highest BCUT2D eigenvalue weighted by atomic mass is 32.2. The predicted octanol–water partition coefficient (Wildman–Crippen LogP) is 11.9. The number of nitrogens with zero attached hydrogens (tertiary/aromatic N) is 1. The van der Waals surface area contributed by atoms with Gasteiger partial charge in [0.25, 0.3) is 0 Å². The lowest BCUT2D eigenvalue weighted by molar-refractivity contribution is -0.253. The SMILES string of the molecule is CCCCCCCCN(CCCCCCCC)CC1CC(c2ccc(CO)cc2)OC(c2ccc(-c3ccccc3CNC(=O)C(Cc3ccccc3)NS(=O)(=O)c3ccc(C)cc3)cc2)O1. The van der Waals surface area contributed by atoms with Crippen molar-refractivity contribution in [1.29, 1.82) is 0 Å². The number of hydrogen-bond donors (Lipinski definition) is 3. The molecule has 5 aromatic carbocycles. The van der Waals surface area contributed by atoms with Gasteiger partial charge in [0.05, 0.1) is 23.7 Å². The molecule has 10 heteroatoms. The van der Waals surface area contributed by atoms with Gasteiger partial charge in [-0.2, -0.15) is 4.72 Å². The summed E-state index contributed by atoms with van der Waals surface area (Å²) in [7, 11) is -3.98. The molecule has 3 N–H and O–H groups in total. The van der Waals surface area contributed by atoms with Gasteiger partial charge in [0.2, 0.25) is 15.9 Å². The van der Waals surface area contributed by atoms with Gasteiger partial charge in [-0.1, -0.05) is 199 Å². The number of benzene rings is 5. The molecule has 9 nitrogen and oxygen atoms in total. The fourth-order valence-corrected chi connectivity index (χ4v) is 10.1. The van der Waals surface area contributed by atoms with Gasteiger partial charge in [0.15, 0.2) is 6.29 Å². The van der Waals surface area contributed by atoms with Crippen LogP contribution in [0.25, 0.3) is 11.1 Å². The van der Waals surface area contributed by atoms with E-state index in [1.807, 2.05) is 73.7 Å². The van der Waals surface area contributed by atoms with Crippen LogP contribution < -0.4 is 10.0 Å². The largest absolute Gasteiger partial charge is 0.392 e. The minimum Gasteiger partial charge on any atom is -0.392 e. The van der Waals surface area contributed by atoms with E-state index in [9.17, 15) is 18.3 Å². The molecule has 0 bridgehead atoms. The number of carbonyl (C=O) groups excluding carboxylic acids is 1. The van der Waals surface area contributed by atoms with Crippen molar-refractivity contribution in [2.24, 2.45) is 0 Å². The number of hydrogen-bond acceptors (Lipinski definition) is 7. The molecular formula is C57H75N3O6S. The van der Waals surface area contributed by atoms with Gasteiger partial charge in [-0.05, 0) is 84.8 Å². The van der Waals surface area contributed by atoms with E-state index in [4.69, 9.17) is 9.47 Å². The lowest BCUT2D eigenvalue weighted by Crippen LogP contribution is -2.47. The van der Waals surface area contributed by atoms with Crippen LogP contribution >= 0.6 is 0 Å². The highest BCUT2D eigenvalue weighted by molar-refractivity contribution is 7.89. The summed E-state index contributed by atoms with van der Waals surface area (Å²) < 4.78 is 43.4. The maximum atomic E-state index is 13.9. The molecule has 6 rings (SSSR count). The maximum absolute atomic E-state index is 13.9. The Bertz CT molecular complexity index is 2290. The molecule has 5 aromatic rings. The molecule has 67 heavy (non-hydrogen) atoms. The van der Waals surface area contributed by atoms with E-state index in [2.05, 4.69) is 65.2 Å². The van der Waals surface area contributed by atoms with Crippen molar-refractivity contribution in [2.45, 2.75) is 153 Å². The van der Waals surface area contributed by atoms with Crippen LogP contribution in [0.3, 0.4) is 0 Å². The summed E-state index contributed by atoms with van der Waals surface area (Å²) in [6, 6.07) is 39.3. The Morgan fingerprint density at radius 2 is 1.28 bits per heavy atom. The zero-order valence-corrected chi connectivity index (χ0v) is 41.0. The van der Waals surface area contributed by atoms with Crippen molar-refractivity contribution >= 4 is 15.9 Å². The van der Waals surface area contributed by atoms with E-state index in [0.29, 0.717) is 0 Å². The third-order valence-corrected chi connectivity index (χ3v) is 14.4. The Labute approximate surface area is 401 Å². The molecule has 0 radical (unpaired) electrons. The van der Waals surface area contributed by atoms with Crippen LogP contribution in [0.15, 0.2) is 132 Å². The zero-order chi connectivity index (χ0) is 47.3. The number of ether oxygens (including phenoxy) is 2. The van der Waals surface area contributed by atoms with Crippen LogP contribution in [-0.4, -0.2) is 56.1 Å². The Balaban J connectivity index is 1.16. The van der Waals surface area contributed by atoms with Gasteiger partial charge in [-0.25, -0.2) is 8.42 Å². The molecule has 4 unspecified atom stereocenters. The summed E-state index contributed by atoms with van der Waals surface area (Å²) in [5.74, 6) is -0.413. The molecule has 360 valence electrons. The van der Waals surface area contributed by atoms with Crippen molar-refractivity contribution in [3.05, 3.63) is 161 Å². The third-order valence-electron chi connectivity index (χ3n) is 12.9. The number of aliphatic hydroxyl groups is 1. The first kappa shape index (κ1) is 51.7. The molecule has 4 atom stereocenters. The number of aliphatic hydroxyl groups excluding tert-OH is 1. The van der Waals surface area contributed by atoms with Crippen molar-refractivity contribution in [1.82, 2.24) is 14.9 Å². The van der Waals surface area contributed by atoms with Crippen molar-refractivity contribution in [3.8, 4) is 11.1 Å². The van der Waals surface area contributed by atoms with E-state index in [1.54, 1.807) is 24.3 Å². The number of nitrogens with one attached hydrogen (secondary N) is 2. The van der Waals surface area contributed by atoms with Gasteiger partial charge in [0.1, 0.15) is 6.04 Å². The average molecular weight is 930 g/mol. The second-order valence-electron chi connectivity index (χ2n) is 18.4. The summed E-state index contributed by atoms with van der Waals surface area (Å²) >= 11 is 0. The Kier molecular flexibility index (Phi) is 21.1. The third kappa shape index (κ3) is 16.5. The molecule has 1 aliphatic heterocycles. The van der Waals surface area contributed by atoms with E-state index in [0.717, 1.165) is 70.6 Å². The molecule has 1 amide bonds. The summed E-state index contributed by atoms with van der Waals surface area (Å²) in [4.78, 5) is 16.7. The minimum absolute atomic E-state index is 0.00128. The first-order valence-electron chi connectivity index (χ1n) is 25.0. The summed E-state index contributed by atoms with van der Waals surface area (Å²) in [5.41, 5.74) is 7.50. The predicted molar refractivity (Wildman–Crippen MR) is 271 cm³/mol. The topological polar surface area (TPSA) is 117 Å². The van der Waals surface area contributed by atoms with E-state index < -0.39 is 28.3 Å². The Morgan fingerprint density at radius 3 is 1.93 bits per heavy atom. The van der Waals surface area contributed by atoms with Gasteiger partial charge in [-0.15, -0.1) is 0 Å². The number of sulfonamides is 1. The first-order valence-corrected chi connectivity index (χ1v) is 26.5. The van der Waals surface area contributed by atoms with Crippen LogP contribution in [0.5, 0.6) is 0 Å². The van der Waals surface area contributed by atoms with Crippen LogP contribution in [0.1, 0.15) is 143 Å². The molecular weight excluding hydrogens is 855 g/mol. The fraction of sp³-hybridized carbons (Fsp3) is 0.456. The highest BCUT2D eigenvalue weighted by Gasteiger charge is 2.33. The lowest BCUT2D eigenvalue weighted by Gasteiger charge is -2.38. The molecule has 0 spiro atoms. The van der Waals surface area contributed by atoms with Gasteiger partial charge in [-0.3, -0.25) is 4.79 Å². The van der Waals surface area contributed by atoms with Crippen LogP contribution in [0.2, 0.25) is 0 Å². The van der Waals surface area contributed by atoms with Gasteiger partial charge < -0.3 is 24.8 Å². The van der Waals surface area contributed by atoms with Gasteiger partial charge >= 0.3 is 0 Å². The minimum atomic E-state index is -3.98. The molecule has 0 saturated carbocycles. The number of carbonyl (C=O) groups is 1. The molecule has 1 fully saturated rings. The lowest BCUT2D eigenvalue weighted by atomic mass is 9.97. The van der Waals surface area contributed by atoms with Gasteiger partial charge in [0, 0.05) is 25.1 Å². The second kappa shape index (κ2) is 27.3. The smallest absolute Gasteiger partial charge is 0.241 e. The summed E-state index contributed by atoms with van der Waals surface area (Å²) in [6.45, 7) is 9.65. The monoisotopic (exact) mass is 930 g/mol. The Morgan fingerprint density at radius 1 is 0.687 bits per heavy atom. The number of amides is 1. The molecule has 1 aliphatic rings. The van der Waals surface area contributed by atoms with E-state index >= 15 is 0 Å². The fourth-order valence-electron chi connectivity index (χ4n) is 8.94. The van der Waals surface area contributed by atoms with Crippen LogP contribution in [0, 0.1) is 6.92 Å². The highest BCUT2D eigenvalue weighted by Crippen LogP contribution is 2.39. The first-order chi connectivity index (χ1) is 32.6. The second-order valence-corrected chi connectivity index (χ2v) is 20.1. The molecule has 1 heterocycles. The number of unbranched alkanes of at least 4 members (excludes halogenated alkanes) is 10. The van der Waals surface area contributed by atoms with E-state index in [1.165, 1.54) is 77.0 Å². The summed E-state index contributed by atoms with van der Waals surface area (Å²) in [5, 5.41) is 12.8. The van der Waals surface area contributed by atoms with E-state index in [-0.39, 0.29) is 36.7 Å². The van der Waals surface area contributed by atoms with Crippen molar-refractivity contribution in [3.63, 3.8) is 0 Å².